The molecule has 28 heavy (non-hydrogen) atoms. The van der Waals surface area contributed by atoms with Gasteiger partial charge in [0.15, 0.2) is 0 Å². The molecule has 0 unspecified atom stereocenters. The molecule has 1 fully saturated rings. The van der Waals surface area contributed by atoms with Crippen LogP contribution in [0.15, 0.2) is 18.2 Å². The summed E-state index contributed by atoms with van der Waals surface area (Å²) in [6.45, 7) is 4.77. The maximum atomic E-state index is 13.0. The second-order valence-corrected chi connectivity index (χ2v) is 8.70. The summed E-state index contributed by atoms with van der Waals surface area (Å²) in [6.07, 6.45) is 5.28. The fraction of sp³-hybridized carbons (Fsp3) is 0.636. The Kier molecular flexibility index (Phi) is 6.60. The summed E-state index contributed by atoms with van der Waals surface area (Å²) < 4.78 is 5.68. The van der Waals surface area contributed by atoms with Gasteiger partial charge in [-0.25, -0.2) is 4.79 Å². The van der Waals surface area contributed by atoms with E-state index in [-0.39, 0.29) is 29.9 Å². The Bertz CT molecular complexity index is 713. The Morgan fingerprint density at radius 2 is 1.96 bits per heavy atom. The minimum Gasteiger partial charge on any atom is -0.461 e. The lowest BCUT2D eigenvalue weighted by molar-refractivity contribution is -0.153. The van der Waals surface area contributed by atoms with E-state index in [0.29, 0.717) is 19.4 Å². The average molecular weight is 388 g/mol. The molecule has 0 bridgehead atoms. The van der Waals surface area contributed by atoms with Gasteiger partial charge in [-0.05, 0) is 74.8 Å². The number of hydrogen-bond donors (Lipinski definition) is 2. The van der Waals surface area contributed by atoms with E-state index < -0.39 is 6.04 Å². The minimum absolute atomic E-state index is 0.00811. The van der Waals surface area contributed by atoms with Gasteiger partial charge in [0.25, 0.3) is 0 Å². The maximum absolute atomic E-state index is 13.0. The molecule has 1 heterocycles. The number of rotatable bonds is 6. The van der Waals surface area contributed by atoms with Crippen LogP contribution in [-0.4, -0.2) is 42.0 Å². The van der Waals surface area contributed by atoms with E-state index in [0.717, 1.165) is 42.5 Å². The number of ether oxygens (including phenoxy) is 1. The Morgan fingerprint density at radius 1 is 1.25 bits per heavy atom. The monoisotopic (exact) mass is 387 g/mol. The summed E-state index contributed by atoms with van der Waals surface area (Å²) in [5.41, 5.74) is 8.92. The zero-order valence-corrected chi connectivity index (χ0v) is 17.2. The lowest BCUT2D eigenvalue weighted by atomic mass is 9.93. The van der Waals surface area contributed by atoms with Crippen LogP contribution in [0, 0.1) is 5.92 Å². The molecule has 0 radical (unpaired) electrons. The third-order valence-electron chi connectivity index (χ3n) is 5.79. The van der Waals surface area contributed by atoms with Crippen molar-refractivity contribution in [1.82, 2.24) is 10.2 Å². The summed E-state index contributed by atoms with van der Waals surface area (Å²) in [5, 5.41) is 2.98. The van der Waals surface area contributed by atoms with Gasteiger partial charge in [-0.3, -0.25) is 9.69 Å². The average Bonchev–Trinajstić information content (AvgIpc) is 3.12. The molecule has 1 amide bonds. The number of esters is 1. The van der Waals surface area contributed by atoms with Crippen molar-refractivity contribution in [3.63, 3.8) is 0 Å². The van der Waals surface area contributed by atoms with E-state index in [9.17, 15) is 9.59 Å². The van der Waals surface area contributed by atoms with Gasteiger partial charge in [0, 0.05) is 12.2 Å². The van der Waals surface area contributed by atoms with Crippen LogP contribution in [0.2, 0.25) is 0 Å². The topological polar surface area (TPSA) is 84.7 Å². The normalized spacial score (nSPS) is 21.4. The SMILES string of the molecule is CC(C)C[C@H](NC(=O)[C@@H]1Cc2ccc(N)cc2CN1C)C(=O)OC1CCCC1. The molecule has 0 saturated heterocycles. The first kappa shape index (κ1) is 20.6. The highest BCUT2D eigenvalue weighted by molar-refractivity contribution is 5.88. The van der Waals surface area contributed by atoms with Crippen LogP contribution >= 0.6 is 0 Å². The van der Waals surface area contributed by atoms with E-state index in [1.807, 2.05) is 30.1 Å². The number of nitrogens with two attached hydrogens (primary N) is 1. The molecule has 6 nitrogen and oxygen atoms in total. The molecular formula is C22H33N3O3. The molecule has 3 rings (SSSR count). The third kappa shape index (κ3) is 5.04. The quantitative estimate of drug-likeness (QED) is 0.579. The van der Waals surface area contributed by atoms with Crippen molar-refractivity contribution < 1.29 is 14.3 Å². The van der Waals surface area contributed by atoms with E-state index in [2.05, 4.69) is 19.2 Å². The highest BCUT2D eigenvalue weighted by atomic mass is 16.5. The Labute approximate surface area is 167 Å². The summed E-state index contributed by atoms with van der Waals surface area (Å²) in [5.74, 6) is -0.117. The number of nitrogens with one attached hydrogen (secondary N) is 1. The van der Waals surface area contributed by atoms with Crippen LogP contribution in [0.5, 0.6) is 0 Å². The van der Waals surface area contributed by atoms with Gasteiger partial charge < -0.3 is 15.8 Å². The fourth-order valence-electron chi connectivity index (χ4n) is 4.23. The molecule has 1 aromatic carbocycles. The molecule has 2 aliphatic rings. The molecule has 3 N–H and O–H groups in total. The number of likely N-dealkylation sites (N-methyl/N-ethyl adjacent to an activating group) is 1. The molecular weight excluding hydrogens is 354 g/mol. The van der Waals surface area contributed by atoms with Crippen LogP contribution in [-0.2, 0) is 27.3 Å². The number of carbonyl (C=O) groups is 2. The zero-order valence-electron chi connectivity index (χ0n) is 17.2. The smallest absolute Gasteiger partial charge is 0.328 e. The van der Waals surface area contributed by atoms with Crippen LogP contribution in [0.1, 0.15) is 57.1 Å². The number of amides is 1. The van der Waals surface area contributed by atoms with Crippen molar-refractivity contribution >= 4 is 17.6 Å². The van der Waals surface area contributed by atoms with Gasteiger partial charge in [0.2, 0.25) is 5.91 Å². The van der Waals surface area contributed by atoms with Crippen molar-refractivity contribution in [3.8, 4) is 0 Å². The lowest BCUT2D eigenvalue weighted by Gasteiger charge is -2.34. The second-order valence-electron chi connectivity index (χ2n) is 8.70. The molecule has 1 aromatic rings. The van der Waals surface area contributed by atoms with Gasteiger partial charge in [-0.1, -0.05) is 19.9 Å². The van der Waals surface area contributed by atoms with Crippen molar-refractivity contribution in [2.24, 2.45) is 5.92 Å². The molecule has 0 aromatic heterocycles. The number of hydrogen-bond acceptors (Lipinski definition) is 5. The molecule has 2 atom stereocenters. The number of fused-ring (bicyclic) bond motifs is 1. The molecule has 0 spiro atoms. The molecule has 1 saturated carbocycles. The first-order valence-corrected chi connectivity index (χ1v) is 10.4. The van der Waals surface area contributed by atoms with Crippen molar-refractivity contribution in [1.29, 1.82) is 0 Å². The Balaban J connectivity index is 1.66. The third-order valence-corrected chi connectivity index (χ3v) is 5.79. The largest absolute Gasteiger partial charge is 0.461 e. The maximum Gasteiger partial charge on any atom is 0.328 e. The van der Waals surface area contributed by atoms with E-state index >= 15 is 0 Å². The summed E-state index contributed by atoms with van der Waals surface area (Å²) in [6, 6.07) is 4.96. The predicted octanol–water partition coefficient (Wildman–Crippen LogP) is 2.64. The van der Waals surface area contributed by atoms with Crippen LogP contribution < -0.4 is 11.1 Å². The zero-order chi connectivity index (χ0) is 20.3. The molecule has 1 aliphatic carbocycles. The second kappa shape index (κ2) is 8.95. The van der Waals surface area contributed by atoms with E-state index in [1.54, 1.807) is 0 Å². The van der Waals surface area contributed by atoms with Gasteiger partial charge in [0.05, 0.1) is 6.04 Å². The number of carbonyl (C=O) groups excluding carboxylic acids is 2. The van der Waals surface area contributed by atoms with Crippen LogP contribution in [0.4, 0.5) is 5.69 Å². The first-order valence-electron chi connectivity index (χ1n) is 10.4. The standard InChI is InChI=1S/C22H33N3O3/c1-14(2)10-19(22(27)28-18-6-4-5-7-18)24-21(26)20-12-15-8-9-17(23)11-16(15)13-25(20)3/h8-9,11,14,18-20H,4-7,10,12-13,23H2,1-3H3,(H,24,26)/t19-,20-/m0/s1. The highest BCUT2D eigenvalue weighted by Crippen LogP contribution is 2.25. The summed E-state index contributed by atoms with van der Waals surface area (Å²) in [7, 11) is 1.94. The van der Waals surface area contributed by atoms with Crippen molar-refractivity contribution in [2.45, 2.75) is 77.1 Å². The number of nitrogen functional groups attached to an aromatic ring is 1. The highest BCUT2D eigenvalue weighted by Gasteiger charge is 2.33. The van der Waals surface area contributed by atoms with Crippen molar-refractivity contribution in [2.75, 3.05) is 12.8 Å². The van der Waals surface area contributed by atoms with Crippen LogP contribution in [0.3, 0.4) is 0 Å². The van der Waals surface area contributed by atoms with Gasteiger partial charge in [-0.2, -0.15) is 0 Å². The molecule has 154 valence electrons. The number of nitrogens with zero attached hydrogens (tertiary/aromatic N) is 1. The Morgan fingerprint density at radius 3 is 2.64 bits per heavy atom. The van der Waals surface area contributed by atoms with Crippen molar-refractivity contribution in [3.05, 3.63) is 29.3 Å². The van der Waals surface area contributed by atoms with Gasteiger partial charge in [-0.15, -0.1) is 0 Å². The van der Waals surface area contributed by atoms with Gasteiger partial charge >= 0.3 is 5.97 Å². The minimum atomic E-state index is -0.589. The molecule has 1 aliphatic heterocycles. The van der Waals surface area contributed by atoms with Crippen LogP contribution in [0.25, 0.3) is 0 Å². The van der Waals surface area contributed by atoms with Gasteiger partial charge in [0.1, 0.15) is 12.1 Å². The summed E-state index contributed by atoms with van der Waals surface area (Å²) >= 11 is 0. The fourth-order valence-corrected chi connectivity index (χ4v) is 4.23. The predicted molar refractivity (Wildman–Crippen MR) is 110 cm³/mol. The first-order chi connectivity index (χ1) is 13.3. The van der Waals surface area contributed by atoms with E-state index in [1.165, 1.54) is 0 Å². The van der Waals surface area contributed by atoms with E-state index in [4.69, 9.17) is 10.5 Å². The number of benzene rings is 1. The number of anilines is 1. The molecule has 6 heteroatoms. The Hall–Kier alpha value is -2.08. The lowest BCUT2D eigenvalue weighted by Crippen LogP contribution is -2.53. The summed E-state index contributed by atoms with van der Waals surface area (Å²) in [4.78, 5) is 27.8.